The van der Waals surface area contributed by atoms with E-state index in [1.807, 2.05) is 43.3 Å². The molecule has 1 heterocycles. The first-order chi connectivity index (χ1) is 12.5. The van der Waals surface area contributed by atoms with Gasteiger partial charge in [0.1, 0.15) is 6.54 Å². The van der Waals surface area contributed by atoms with Gasteiger partial charge in [-0.3, -0.25) is 14.4 Å². The van der Waals surface area contributed by atoms with Crippen molar-refractivity contribution in [2.75, 3.05) is 16.8 Å². The fraction of sp³-hybridized carbons (Fsp3) is 0.250. The highest BCUT2D eigenvalue weighted by molar-refractivity contribution is 6.10. The van der Waals surface area contributed by atoms with E-state index in [2.05, 4.69) is 10.6 Å². The van der Waals surface area contributed by atoms with E-state index in [1.165, 1.54) is 4.90 Å². The molecule has 134 valence electrons. The molecule has 3 rings (SSSR count). The van der Waals surface area contributed by atoms with Crippen molar-refractivity contribution in [1.82, 2.24) is 5.32 Å². The number of nitrogens with zero attached hydrogens (tertiary/aromatic N) is 1. The van der Waals surface area contributed by atoms with E-state index in [0.29, 0.717) is 11.4 Å². The summed E-state index contributed by atoms with van der Waals surface area (Å²) in [7, 11) is 0. The summed E-state index contributed by atoms with van der Waals surface area (Å²) in [6.07, 6.45) is 0.130. The van der Waals surface area contributed by atoms with Gasteiger partial charge in [0.25, 0.3) is 0 Å². The maximum Gasteiger partial charge on any atom is 0.244 e. The van der Waals surface area contributed by atoms with E-state index in [1.54, 1.807) is 18.2 Å². The van der Waals surface area contributed by atoms with Gasteiger partial charge in [-0.25, -0.2) is 0 Å². The third-order valence-corrected chi connectivity index (χ3v) is 4.31. The molecule has 0 aromatic heterocycles. The molecule has 0 saturated heterocycles. The minimum Gasteiger partial charge on any atom is -0.350 e. The van der Waals surface area contributed by atoms with Crippen LogP contribution in [0.2, 0.25) is 0 Å². The van der Waals surface area contributed by atoms with Gasteiger partial charge >= 0.3 is 0 Å². The number of amides is 3. The number of anilines is 2. The molecule has 0 unspecified atom stereocenters. The van der Waals surface area contributed by atoms with Crippen LogP contribution in [-0.4, -0.2) is 24.3 Å². The Morgan fingerprint density at radius 3 is 2.54 bits per heavy atom. The van der Waals surface area contributed by atoms with E-state index in [4.69, 9.17) is 0 Å². The Morgan fingerprint density at radius 2 is 1.77 bits per heavy atom. The van der Waals surface area contributed by atoms with Gasteiger partial charge in [0, 0.05) is 12.8 Å². The molecule has 6 heteroatoms. The summed E-state index contributed by atoms with van der Waals surface area (Å²) in [6, 6.07) is 16.7. The van der Waals surface area contributed by atoms with Crippen LogP contribution in [0, 0.1) is 0 Å². The zero-order valence-corrected chi connectivity index (χ0v) is 14.6. The lowest BCUT2D eigenvalue weighted by molar-refractivity contribution is -0.126. The van der Waals surface area contributed by atoms with Crippen molar-refractivity contribution in [3.63, 3.8) is 0 Å². The van der Waals surface area contributed by atoms with Gasteiger partial charge in [0.15, 0.2) is 0 Å². The normalized spacial score (nSPS) is 14.2. The Kier molecular flexibility index (Phi) is 5.31. The fourth-order valence-corrected chi connectivity index (χ4v) is 2.95. The SMILES string of the molecule is C[C@H](NC(=O)CCC(=O)N1CC(=O)Nc2ccccc21)c1ccccc1. The number of para-hydroxylation sites is 2. The Labute approximate surface area is 152 Å². The summed E-state index contributed by atoms with van der Waals surface area (Å²) >= 11 is 0. The highest BCUT2D eigenvalue weighted by atomic mass is 16.2. The summed E-state index contributed by atoms with van der Waals surface area (Å²) in [5, 5.41) is 5.64. The Hall–Kier alpha value is -3.15. The van der Waals surface area contributed by atoms with Crippen LogP contribution in [0.1, 0.15) is 31.4 Å². The molecule has 1 aliphatic heterocycles. The first-order valence-corrected chi connectivity index (χ1v) is 8.58. The third kappa shape index (κ3) is 4.08. The van der Waals surface area contributed by atoms with E-state index < -0.39 is 0 Å². The smallest absolute Gasteiger partial charge is 0.244 e. The van der Waals surface area contributed by atoms with Crippen LogP contribution in [0.4, 0.5) is 11.4 Å². The van der Waals surface area contributed by atoms with Gasteiger partial charge in [0.2, 0.25) is 17.7 Å². The number of benzene rings is 2. The summed E-state index contributed by atoms with van der Waals surface area (Å²) in [4.78, 5) is 37.9. The number of rotatable bonds is 5. The van der Waals surface area contributed by atoms with Crippen molar-refractivity contribution in [1.29, 1.82) is 0 Å². The maximum absolute atomic E-state index is 12.5. The van der Waals surface area contributed by atoms with Gasteiger partial charge in [-0.1, -0.05) is 42.5 Å². The molecule has 0 spiro atoms. The maximum atomic E-state index is 12.5. The monoisotopic (exact) mass is 351 g/mol. The van der Waals surface area contributed by atoms with Crippen LogP contribution in [0.25, 0.3) is 0 Å². The molecule has 2 aromatic carbocycles. The van der Waals surface area contributed by atoms with Gasteiger partial charge in [-0.15, -0.1) is 0 Å². The zero-order chi connectivity index (χ0) is 18.5. The van der Waals surface area contributed by atoms with Crippen molar-refractivity contribution >= 4 is 29.1 Å². The summed E-state index contributed by atoms with van der Waals surface area (Å²) in [5.74, 6) is -0.668. The minimum atomic E-state index is -0.241. The van der Waals surface area contributed by atoms with E-state index >= 15 is 0 Å². The van der Waals surface area contributed by atoms with E-state index in [-0.39, 0.29) is 43.1 Å². The Morgan fingerprint density at radius 1 is 1.08 bits per heavy atom. The fourth-order valence-electron chi connectivity index (χ4n) is 2.95. The number of hydrogen-bond donors (Lipinski definition) is 2. The molecule has 1 atom stereocenters. The second-order valence-electron chi connectivity index (χ2n) is 6.25. The lowest BCUT2D eigenvalue weighted by Gasteiger charge is -2.29. The zero-order valence-electron chi connectivity index (χ0n) is 14.6. The summed E-state index contributed by atoms with van der Waals surface area (Å²) in [6.45, 7) is 1.87. The summed E-state index contributed by atoms with van der Waals surface area (Å²) in [5.41, 5.74) is 2.28. The van der Waals surface area contributed by atoms with Crippen molar-refractivity contribution < 1.29 is 14.4 Å². The lowest BCUT2D eigenvalue weighted by atomic mass is 10.1. The molecule has 0 bridgehead atoms. The molecule has 2 N–H and O–H groups in total. The molecule has 2 aromatic rings. The number of hydrogen-bond acceptors (Lipinski definition) is 3. The molecule has 6 nitrogen and oxygen atoms in total. The number of carbonyl (C=O) groups excluding carboxylic acids is 3. The molecular formula is C20H21N3O3. The van der Waals surface area contributed by atoms with Crippen LogP contribution in [0.3, 0.4) is 0 Å². The standard InChI is InChI=1S/C20H21N3O3/c1-14(15-7-3-2-4-8-15)21-18(24)11-12-20(26)23-13-19(25)22-16-9-5-6-10-17(16)23/h2-10,14H,11-13H2,1H3,(H,21,24)(H,22,25)/t14-/m0/s1. The molecule has 0 radical (unpaired) electrons. The predicted molar refractivity (Wildman–Crippen MR) is 99.7 cm³/mol. The number of nitrogens with one attached hydrogen (secondary N) is 2. The molecular weight excluding hydrogens is 330 g/mol. The average Bonchev–Trinajstić information content (AvgIpc) is 2.66. The second kappa shape index (κ2) is 7.82. The highest BCUT2D eigenvalue weighted by Crippen LogP contribution is 2.29. The van der Waals surface area contributed by atoms with Crippen molar-refractivity contribution in [3.8, 4) is 0 Å². The minimum absolute atomic E-state index is 0.0299. The molecule has 3 amide bonds. The van der Waals surface area contributed by atoms with Crippen molar-refractivity contribution in [3.05, 3.63) is 60.2 Å². The molecule has 0 saturated carbocycles. The number of carbonyl (C=O) groups is 3. The Bertz CT molecular complexity index is 820. The second-order valence-corrected chi connectivity index (χ2v) is 6.25. The predicted octanol–water partition coefficient (Wildman–Crippen LogP) is 2.63. The molecule has 1 aliphatic rings. The van der Waals surface area contributed by atoms with Gasteiger partial charge in [0.05, 0.1) is 17.4 Å². The summed E-state index contributed by atoms with van der Waals surface area (Å²) < 4.78 is 0. The van der Waals surface area contributed by atoms with Crippen LogP contribution in [0.5, 0.6) is 0 Å². The third-order valence-electron chi connectivity index (χ3n) is 4.31. The molecule has 0 fully saturated rings. The van der Waals surface area contributed by atoms with Gasteiger partial charge in [-0.05, 0) is 24.6 Å². The highest BCUT2D eigenvalue weighted by Gasteiger charge is 2.26. The largest absolute Gasteiger partial charge is 0.350 e. The Balaban J connectivity index is 1.57. The van der Waals surface area contributed by atoms with Gasteiger partial charge in [-0.2, -0.15) is 0 Å². The van der Waals surface area contributed by atoms with Crippen molar-refractivity contribution in [2.45, 2.75) is 25.8 Å². The van der Waals surface area contributed by atoms with E-state index in [0.717, 1.165) is 5.56 Å². The number of fused-ring (bicyclic) bond motifs is 1. The van der Waals surface area contributed by atoms with Crippen LogP contribution in [-0.2, 0) is 14.4 Å². The van der Waals surface area contributed by atoms with Crippen LogP contribution < -0.4 is 15.5 Å². The molecule has 0 aliphatic carbocycles. The van der Waals surface area contributed by atoms with Crippen LogP contribution in [0.15, 0.2) is 54.6 Å². The quantitative estimate of drug-likeness (QED) is 0.869. The van der Waals surface area contributed by atoms with E-state index in [9.17, 15) is 14.4 Å². The molecule has 26 heavy (non-hydrogen) atoms. The lowest BCUT2D eigenvalue weighted by Crippen LogP contribution is -2.42. The average molecular weight is 351 g/mol. The van der Waals surface area contributed by atoms with Crippen molar-refractivity contribution in [2.24, 2.45) is 0 Å². The first-order valence-electron chi connectivity index (χ1n) is 8.58. The van der Waals surface area contributed by atoms with Crippen LogP contribution >= 0.6 is 0 Å². The first kappa shape index (κ1) is 17.7. The topological polar surface area (TPSA) is 78.5 Å². The van der Waals surface area contributed by atoms with Gasteiger partial charge < -0.3 is 15.5 Å².